The molecule has 0 atom stereocenters. The van der Waals surface area contributed by atoms with Gasteiger partial charge >= 0.3 is 0 Å². The van der Waals surface area contributed by atoms with E-state index in [0.717, 1.165) is 73.3 Å². The van der Waals surface area contributed by atoms with Crippen molar-refractivity contribution in [2.75, 3.05) is 9.80 Å². The molecule has 13 aromatic carbocycles. The van der Waals surface area contributed by atoms with Crippen LogP contribution in [0.5, 0.6) is 0 Å². The Morgan fingerprint density at radius 3 is 0.750 bits per heavy atom. The van der Waals surface area contributed by atoms with Crippen LogP contribution in [0.1, 0.15) is 164 Å². The molecule has 0 aliphatic carbocycles. The average Bonchev–Trinajstić information content (AvgIpc) is 0.712. The summed E-state index contributed by atoms with van der Waals surface area (Å²) in [4.78, 5) is 5.46. The van der Waals surface area contributed by atoms with Gasteiger partial charge in [0.05, 0.1) is 33.4 Å². The molecule has 2 aromatic heterocycles. The Morgan fingerprint density at radius 2 is 0.500 bits per heavy atom. The second-order valence-electron chi connectivity index (χ2n) is 37.2. The summed E-state index contributed by atoms with van der Waals surface area (Å²) >= 11 is 0. The SMILES string of the molecule is Cc1cc2c3c(c1)N(c1c(-c4ccccc4)cc(C(C)(C)C)cc1-c1ccccc1)c1cc(-n4c5ccc(C(C)(C)C)cc5c5cc(C(C)(C)C)ccc54)ccc1B3c1ccc(-n3c4ccc(C(C)(C)C)cc4c4cc(C(C)(C)C)ccc43)cc1N2c1c(-c2ccccc2)cc(C(C)(C)C)cc1-c1ccccc1. The van der Waals surface area contributed by atoms with Crippen molar-refractivity contribution in [3.05, 3.63) is 306 Å². The highest BCUT2D eigenvalue weighted by molar-refractivity contribution is 7.00. The third kappa shape index (κ3) is 11.8. The summed E-state index contributed by atoms with van der Waals surface area (Å²) in [7, 11) is 0. The molecule has 0 saturated carbocycles. The van der Waals surface area contributed by atoms with E-state index in [1.165, 1.54) is 116 Å². The van der Waals surface area contributed by atoms with E-state index < -0.39 is 0 Å². The third-order valence-corrected chi connectivity index (χ3v) is 23.4. The Morgan fingerprint density at radius 1 is 0.241 bits per heavy atom. The lowest BCUT2D eigenvalue weighted by atomic mass is 9.33. The molecule has 0 saturated heterocycles. The van der Waals surface area contributed by atoms with E-state index in [9.17, 15) is 0 Å². The van der Waals surface area contributed by atoms with Gasteiger partial charge in [-0.15, -0.1) is 0 Å². The zero-order chi connectivity index (χ0) is 75.6. The second-order valence-corrected chi connectivity index (χ2v) is 37.2. The maximum absolute atomic E-state index is 2.73. The molecule has 0 amide bonds. The number of hydrogen-bond donors (Lipinski definition) is 0. The minimum absolute atomic E-state index is 0.0547. The first-order valence-electron chi connectivity index (χ1n) is 39.1. The molecule has 536 valence electrons. The maximum Gasteiger partial charge on any atom is 0.252 e. The fourth-order valence-electron chi connectivity index (χ4n) is 17.3. The monoisotopic (exact) mass is 1400 g/mol. The molecule has 15 aromatic rings. The molecule has 4 heterocycles. The molecule has 0 fully saturated rings. The van der Waals surface area contributed by atoms with Gasteiger partial charge in [-0.1, -0.05) is 282 Å². The molecular formula is C103H101BN4. The summed E-state index contributed by atoms with van der Waals surface area (Å²) in [6, 6.07) is 104. The number of hydrogen-bond acceptors (Lipinski definition) is 2. The number of fused-ring (bicyclic) bond motifs is 10. The summed E-state index contributed by atoms with van der Waals surface area (Å²) in [5.41, 5.74) is 35.4. The number of rotatable bonds is 8. The molecular weight excluding hydrogens is 1300 g/mol. The van der Waals surface area contributed by atoms with Crippen LogP contribution >= 0.6 is 0 Å². The highest BCUT2D eigenvalue weighted by Gasteiger charge is 2.46. The van der Waals surface area contributed by atoms with Gasteiger partial charge in [-0.3, -0.25) is 0 Å². The molecule has 5 heteroatoms. The molecule has 2 aliphatic rings. The Bertz CT molecular complexity index is 5470. The lowest BCUT2D eigenvalue weighted by Crippen LogP contribution is -2.61. The van der Waals surface area contributed by atoms with E-state index in [-0.39, 0.29) is 39.2 Å². The molecule has 0 radical (unpaired) electrons. The highest BCUT2D eigenvalue weighted by Crippen LogP contribution is 2.56. The molecule has 0 spiro atoms. The Balaban J connectivity index is 1.05. The van der Waals surface area contributed by atoms with Crippen molar-refractivity contribution in [2.24, 2.45) is 0 Å². The first-order chi connectivity index (χ1) is 51.3. The smallest absolute Gasteiger partial charge is 0.252 e. The van der Waals surface area contributed by atoms with Crippen molar-refractivity contribution in [3.8, 4) is 55.9 Å². The van der Waals surface area contributed by atoms with Crippen LogP contribution in [-0.4, -0.2) is 15.8 Å². The number of aromatic nitrogens is 2. The van der Waals surface area contributed by atoms with E-state index >= 15 is 0 Å². The summed E-state index contributed by atoms with van der Waals surface area (Å²) in [5.74, 6) is 0. The van der Waals surface area contributed by atoms with Crippen molar-refractivity contribution in [1.82, 2.24) is 9.13 Å². The van der Waals surface area contributed by atoms with Crippen molar-refractivity contribution < 1.29 is 0 Å². The number of nitrogens with zero attached hydrogens (tertiary/aromatic N) is 4. The third-order valence-electron chi connectivity index (χ3n) is 23.4. The van der Waals surface area contributed by atoms with Crippen molar-refractivity contribution in [2.45, 2.75) is 164 Å². The van der Waals surface area contributed by atoms with E-state index in [2.05, 4.69) is 417 Å². The fraction of sp³-hybridized carbons (Fsp3) is 0.243. The van der Waals surface area contributed by atoms with Crippen molar-refractivity contribution >= 4 is 101 Å². The lowest BCUT2D eigenvalue weighted by Gasteiger charge is -2.46. The molecule has 0 unspecified atom stereocenters. The van der Waals surface area contributed by atoms with Crippen LogP contribution < -0.4 is 26.2 Å². The minimum atomic E-state index is -0.233. The molecule has 4 nitrogen and oxygen atoms in total. The molecule has 17 rings (SSSR count). The van der Waals surface area contributed by atoms with E-state index in [0.29, 0.717) is 0 Å². The molecule has 2 aliphatic heterocycles. The highest BCUT2D eigenvalue weighted by atomic mass is 15.2. The van der Waals surface area contributed by atoms with Crippen LogP contribution in [0.25, 0.3) is 99.5 Å². The predicted molar refractivity (Wildman–Crippen MR) is 468 cm³/mol. The minimum Gasteiger partial charge on any atom is -0.310 e. The molecule has 108 heavy (non-hydrogen) atoms. The number of aryl methyl sites for hydroxylation is 1. The van der Waals surface area contributed by atoms with Gasteiger partial charge in [0.25, 0.3) is 6.71 Å². The van der Waals surface area contributed by atoms with Gasteiger partial charge < -0.3 is 18.9 Å². The quantitative estimate of drug-likeness (QED) is 0.141. The first kappa shape index (κ1) is 70.1. The first-order valence-corrected chi connectivity index (χ1v) is 39.1. The number of anilines is 6. The van der Waals surface area contributed by atoms with E-state index in [1.54, 1.807) is 0 Å². The van der Waals surface area contributed by atoms with Crippen LogP contribution in [0.2, 0.25) is 0 Å². The zero-order valence-electron chi connectivity index (χ0n) is 66.8. The van der Waals surface area contributed by atoms with Gasteiger partial charge in [-0.2, -0.15) is 0 Å². The van der Waals surface area contributed by atoms with Crippen LogP contribution in [0.15, 0.2) is 267 Å². The summed E-state index contributed by atoms with van der Waals surface area (Å²) in [6.45, 7) is 44.3. The Hall–Kier alpha value is -10.9. The van der Waals surface area contributed by atoms with E-state index in [1.807, 2.05) is 0 Å². The average molecular weight is 1410 g/mol. The van der Waals surface area contributed by atoms with Gasteiger partial charge in [0.15, 0.2) is 0 Å². The van der Waals surface area contributed by atoms with Crippen LogP contribution in [0, 0.1) is 6.92 Å². The van der Waals surface area contributed by atoms with E-state index in [4.69, 9.17) is 0 Å². The Kier molecular flexibility index (Phi) is 16.3. The largest absolute Gasteiger partial charge is 0.310 e. The van der Waals surface area contributed by atoms with Crippen LogP contribution in [0.3, 0.4) is 0 Å². The summed E-state index contributed by atoms with van der Waals surface area (Å²) in [6.07, 6.45) is 0. The predicted octanol–water partition coefficient (Wildman–Crippen LogP) is 26.7. The van der Waals surface area contributed by atoms with Crippen LogP contribution in [-0.2, 0) is 32.5 Å². The fourth-order valence-corrected chi connectivity index (χ4v) is 17.3. The summed E-state index contributed by atoms with van der Waals surface area (Å²) < 4.78 is 5.14. The van der Waals surface area contributed by atoms with Crippen molar-refractivity contribution in [1.29, 1.82) is 0 Å². The van der Waals surface area contributed by atoms with Crippen molar-refractivity contribution in [3.63, 3.8) is 0 Å². The van der Waals surface area contributed by atoms with Gasteiger partial charge in [-0.05, 0) is 226 Å². The standard InChI is InChI=1S/C103H101BN4/c1-64-52-93-95-94(53-64)108(97-79(67-36-28-22-29-37-67)60-74(103(17,18)19)61-80(97)68-38-30-23-31-39-68)92-63-76(106-89-50-42-71(100(8,9)10)56-83(89)84-57-72(101(11,12)13)43-51-90(84)106)45-47-86(92)104(95)85-46-44-75(105-87-48-40-69(98(2,3)4)54-81(87)82-55-70(99(5,6)7)41-49-88(82)105)62-91(85)107(93)96-77(65-32-24-20-25-33-65)58-73(102(14,15)16)59-78(96)66-34-26-21-27-35-66/h20-63H,1-19H3. The summed E-state index contributed by atoms with van der Waals surface area (Å²) in [5, 5.41) is 5.07. The Labute approximate surface area is 641 Å². The van der Waals surface area contributed by atoms with Gasteiger partial charge in [0.1, 0.15) is 0 Å². The van der Waals surface area contributed by atoms with Gasteiger partial charge in [0.2, 0.25) is 0 Å². The van der Waals surface area contributed by atoms with Crippen LogP contribution in [0.4, 0.5) is 34.1 Å². The molecule has 0 N–H and O–H groups in total. The normalized spacial score (nSPS) is 13.5. The maximum atomic E-state index is 2.73. The van der Waals surface area contributed by atoms with Gasteiger partial charge in [-0.25, -0.2) is 0 Å². The van der Waals surface area contributed by atoms with Gasteiger partial charge in [0, 0.05) is 77.9 Å². The second kappa shape index (κ2) is 25.1. The zero-order valence-corrected chi connectivity index (χ0v) is 66.8. The topological polar surface area (TPSA) is 16.3 Å². The number of benzene rings is 13. The lowest BCUT2D eigenvalue weighted by molar-refractivity contribution is 0.590. The molecule has 0 bridgehead atoms.